The Hall–Kier alpha value is -1.56. The Morgan fingerprint density at radius 1 is 1.67 bits per heavy atom. The van der Waals surface area contributed by atoms with Crippen LogP contribution in [-0.2, 0) is 0 Å². The molecule has 1 unspecified atom stereocenters. The number of nitriles is 1. The first kappa shape index (κ1) is 9.97. The summed E-state index contributed by atoms with van der Waals surface area (Å²) >= 11 is 0. The summed E-state index contributed by atoms with van der Waals surface area (Å²) in [5, 5.41) is 12.2. The molecule has 0 spiro atoms. The zero-order chi connectivity index (χ0) is 10.9. The monoisotopic (exact) mass is 201 g/mol. The van der Waals surface area contributed by atoms with Gasteiger partial charge in [0.25, 0.3) is 0 Å². The van der Waals surface area contributed by atoms with E-state index in [4.69, 9.17) is 5.26 Å². The fraction of sp³-hybridized carbons (Fsp3) is 0.500. The highest BCUT2D eigenvalue weighted by Crippen LogP contribution is 2.51. The van der Waals surface area contributed by atoms with Gasteiger partial charge in [0.2, 0.25) is 0 Å². The van der Waals surface area contributed by atoms with Crippen LogP contribution in [0.2, 0.25) is 0 Å². The molecule has 0 bridgehead atoms. The summed E-state index contributed by atoms with van der Waals surface area (Å²) in [5.41, 5.74) is 1.99. The van der Waals surface area contributed by atoms with Gasteiger partial charge in [0, 0.05) is 12.7 Å². The van der Waals surface area contributed by atoms with Gasteiger partial charge in [-0.2, -0.15) is 5.26 Å². The van der Waals surface area contributed by atoms with E-state index in [1.807, 2.05) is 0 Å². The van der Waals surface area contributed by atoms with Crippen molar-refractivity contribution in [2.75, 3.05) is 11.9 Å². The Morgan fingerprint density at radius 2 is 2.40 bits per heavy atom. The van der Waals surface area contributed by atoms with Crippen molar-refractivity contribution in [3.05, 3.63) is 24.0 Å². The zero-order valence-corrected chi connectivity index (χ0v) is 9.12. The van der Waals surface area contributed by atoms with E-state index in [0.717, 1.165) is 18.2 Å². The standard InChI is InChI=1S/C12H15N3/c1-12(2)5-10(12)7-15-11-8-14-4-3-9(11)6-13/h3-4,8,10,15H,5,7H2,1-2H3. The third-order valence-electron chi connectivity index (χ3n) is 3.20. The maximum Gasteiger partial charge on any atom is 0.101 e. The minimum atomic E-state index is 0.474. The third-order valence-corrected chi connectivity index (χ3v) is 3.20. The van der Waals surface area contributed by atoms with Crippen molar-refractivity contribution in [1.29, 1.82) is 5.26 Å². The Balaban J connectivity index is 1.97. The second kappa shape index (κ2) is 3.54. The Bertz CT molecular complexity index is 404. The second-order valence-electron chi connectivity index (χ2n) is 4.80. The number of pyridine rings is 1. The van der Waals surface area contributed by atoms with Gasteiger partial charge < -0.3 is 5.32 Å². The molecule has 1 N–H and O–H groups in total. The number of nitrogens with one attached hydrogen (secondary N) is 1. The van der Waals surface area contributed by atoms with Crippen molar-refractivity contribution in [3.63, 3.8) is 0 Å². The molecule has 1 aromatic heterocycles. The fourth-order valence-corrected chi connectivity index (χ4v) is 1.79. The maximum absolute atomic E-state index is 8.88. The second-order valence-corrected chi connectivity index (χ2v) is 4.80. The molecule has 3 heteroatoms. The first-order valence-electron chi connectivity index (χ1n) is 5.21. The molecule has 0 aliphatic heterocycles. The summed E-state index contributed by atoms with van der Waals surface area (Å²) in [7, 11) is 0. The summed E-state index contributed by atoms with van der Waals surface area (Å²) < 4.78 is 0. The molecule has 1 atom stereocenters. The molecule has 3 nitrogen and oxygen atoms in total. The van der Waals surface area contributed by atoms with Crippen molar-refractivity contribution in [1.82, 2.24) is 4.98 Å². The number of anilines is 1. The minimum absolute atomic E-state index is 0.474. The molecule has 15 heavy (non-hydrogen) atoms. The molecule has 0 aromatic carbocycles. The summed E-state index contributed by atoms with van der Waals surface area (Å²) in [6.45, 7) is 5.48. The van der Waals surface area contributed by atoms with Gasteiger partial charge in [0.05, 0.1) is 17.4 Å². The molecule has 1 heterocycles. The van der Waals surface area contributed by atoms with Crippen LogP contribution < -0.4 is 5.32 Å². The van der Waals surface area contributed by atoms with Crippen LogP contribution in [0.1, 0.15) is 25.8 Å². The maximum atomic E-state index is 8.88. The lowest BCUT2D eigenvalue weighted by atomic mass is 10.1. The SMILES string of the molecule is CC1(C)CC1CNc1cnccc1C#N. The van der Waals surface area contributed by atoms with Gasteiger partial charge >= 0.3 is 0 Å². The van der Waals surface area contributed by atoms with E-state index < -0.39 is 0 Å². The van der Waals surface area contributed by atoms with Gasteiger partial charge in [-0.1, -0.05) is 13.8 Å². The van der Waals surface area contributed by atoms with E-state index in [-0.39, 0.29) is 0 Å². The van der Waals surface area contributed by atoms with E-state index in [2.05, 4.69) is 30.2 Å². The van der Waals surface area contributed by atoms with Gasteiger partial charge in [-0.3, -0.25) is 4.98 Å². The van der Waals surface area contributed by atoms with E-state index in [1.54, 1.807) is 18.5 Å². The largest absolute Gasteiger partial charge is 0.382 e. The first-order valence-corrected chi connectivity index (χ1v) is 5.21. The van der Waals surface area contributed by atoms with Crippen molar-refractivity contribution in [3.8, 4) is 6.07 Å². The number of hydrogen-bond acceptors (Lipinski definition) is 3. The molecule has 78 valence electrons. The first-order chi connectivity index (χ1) is 7.13. The quantitative estimate of drug-likeness (QED) is 0.817. The molecule has 1 aliphatic carbocycles. The molecule has 2 rings (SSSR count). The molecule has 1 saturated carbocycles. The summed E-state index contributed by atoms with van der Waals surface area (Å²) in [6.07, 6.45) is 4.63. The molecule has 0 saturated heterocycles. The average Bonchev–Trinajstić information content (AvgIpc) is 2.84. The highest BCUT2D eigenvalue weighted by Gasteiger charge is 2.44. The average molecular weight is 201 g/mol. The van der Waals surface area contributed by atoms with E-state index in [1.165, 1.54) is 6.42 Å². The molecule has 1 aliphatic rings. The van der Waals surface area contributed by atoms with Crippen molar-refractivity contribution in [2.24, 2.45) is 11.3 Å². The van der Waals surface area contributed by atoms with Crippen molar-refractivity contribution < 1.29 is 0 Å². The Morgan fingerprint density at radius 3 is 3.00 bits per heavy atom. The highest BCUT2D eigenvalue weighted by molar-refractivity contribution is 5.55. The van der Waals surface area contributed by atoms with Crippen LogP contribution in [0.15, 0.2) is 18.5 Å². The van der Waals surface area contributed by atoms with Crippen LogP contribution in [0.3, 0.4) is 0 Å². The topological polar surface area (TPSA) is 48.7 Å². The number of hydrogen-bond donors (Lipinski definition) is 1. The predicted molar refractivity (Wildman–Crippen MR) is 59.3 cm³/mol. The van der Waals surface area contributed by atoms with Crippen LogP contribution in [0.25, 0.3) is 0 Å². The van der Waals surface area contributed by atoms with Crippen LogP contribution >= 0.6 is 0 Å². The van der Waals surface area contributed by atoms with Gasteiger partial charge in [0.1, 0.15) is 6.07 Å². The lowest BCUT2D eigenvalue weighted by Gasteiger charge is -2.08. The predicted octanol–water partition coefficient (Wildman–Crippen LogP) is 2.41. The van der Waals surface area contributed by atoms with E-state index >= 15 is 0 Å². The Kier molecular flexibility index (Phi) is 2.36. The van der Waals surface area contributed by atoms with Gasteiger partial charge in [0.15, 0.2) is 0 Å². The molecule has 1 aromatic rings. The number of aromatic nitrogens is 1. The Labute approximate surface area is 90.1 Å². The third kappa shape index (κ3) is 2.10. The molecular formula is C12H15N3. The summed E-state index contributed by atoms with van der Waals surface area (Å²) in [4.78, 5) is 4.01. The normalized spacial score (nSPS) is 21.8. The molecule has 1 fully saturated rings. The van der Waals surface area contributed by atoms with Crippen LogP contribution in [0.4, 0.5) is 5.69 Å². The van der Waals surface area contributed by atoms with Gasteiger partial charge in [-0.05, 0) is 23.8 Å². The summed E-state index contributed by atoms with van der Waals surface area (Å²) in [6, 6.07) is 3.89. The van der Waals surface area contributed by atoms with E-state index in [9.17, 15) is 0 Å². The van der Waals surface area contributed by atoms with Crippen LogP contribution in [0, 0.1) is 22.7 Å². The molecule has 0 radical (unpaired) electrons. The van der Waals surface area contributed by atoms with Gasteiger partial charge in [-0.25, -0.2) is 0 Å². The molecular weight excluding hydrogens is 186 g/mol. The van der Waals surface area contributed by atoms with Crippen LogP contribution in [-0.4, -0.2) is 11.5 Å². The van der Waals surface area contributed by atoms with Gasteiger partial charge in [-0.15, -0.1) is 0 Å². The molecule has 0 amide bonds. The smallest absolute Gasteiger partial charge is 0.101 e. The lowest BCUT2D eigenvalue weighted by molar-refractivity contribution is 0.573. The zero-order valence-electron chi connectivity index (χ0n) is 9.12. The number of rotatable bonds is 3. The summed E-state index contributed by atoms with van der Waals surface area (Å²) in [5.74, 6) is 0.726. The highest BCUT2D eigenvalue weighted by atomic mass is 14.9. The minimum Gasteiger partial charge on any atom is -0.382 e. The van der Waals surface area contributed by atoms with E-state index in [0.29, 0.717) is 11.0 Å². The van der Waals surface area contributed by atoms with Crippen LogP contribution in [0.5, 0.6) is 0 Å². The lowest BCUT2D eigenvalue weighted by Crippen LogP contribution is -2.08. The van der Waals surface area contributed by atoms with Crippen molar-refractivity contribution >= 4 is 5.69 Å². The fourth-order valence-electron chi connectivity index (χ4n) is 1.79. The number of nitrogens with zero attached hydrogens (tertiary/aromatic N) is 2. The van der Waals surface area contributed by atoms with Crippen molar-refractivity contribution in [2.45, 2.75) is 20.3 Å².